The Labute approximate surface area is 81.3 Å². The average molecular weight is 180 g/mol. The summed E-state index contributed by atoms with van der Waals surface area (Å²) in [5, 5.41) is 12.2. The summed E-state index contributed by atoms with van der Waals surface area (Å²) in [6, 6.07) is 2.92. The largest absolute Gasteiger partial charge is 0.299 e. The molecular weight excluding hydrogens is 160 g/mol. The first kappa shape index (κ1) is 10.5. The van der Waals surface area contributed by atoms with E-state index in [1.54, 1.807) is 0 Å². The van der Waals surface area contributed by atoms with Crippen molar-refractivity contribution in [3.05, 3.63) is 0 Å². The molecule has 1 aliphatic carbocycles. The van der Waals surface area contributed by atoms with Gasteiger partial charge in [0.15, 0.2) is 0 Å². The first-order chi connectivity index (χ1) is 6.07. The molecule has 1 saturated carbocycles. The fourth-order valence-electron chi connectivity index (χ4n) is 2.11. The van der Waals surface area contributed by atoms with E-state index in [-0.39, 0.29) is 6.04 Å². The number of hydrogen-bond donors (Lipinski definition) is 1. The van der Waals surface area contributed by atoms with Crippen LogP contribution in [0.25, 0.3) is 0 Å². The van der Waals surface area contributed by atoms with Crippen LogP contribution in [0.3, 0.4) is 0 Å². The number of nitrogens with one attached hydrogen (secondary N) is 1. The lowest BCUT2D eigenvalue weighted by Crippen LogP contribution is -2.35. The van der Waals surface area contributed by atoms with Crippen LogP contribution < -0.4 is 5.32 Å². The Morgan fingerprint density at radius 3 is 2.69 bits per heavy atom. The summed E-state index contributed by atoms with van der Waals surface area (Å²) >= 11 is 0. The summed E-state index contributed by atoms with van der Waals surface area (Å²) in [5.41, 5.74) is 0.478. The van der Waals surface area contributed by atoms with Crippen molar-refractivity contribution in [2.24, 2.45) is 5.41 Å². The van der Waals surface area contributed by atoms with E-state index < -0.39 is 0 Å². The zero-order chi connectivity index (χ0) is 9.90. The molecule has 74 valence electrons. The van der Waals surface area contributed by atoms with E-state index >= 15 is 0 Å². The number of nitrogens with zero attached hydrogens (tertiary/aromatic N) is 1. The highest BCUT2D eigenvalue weighted by molar-refractivity contribution is 4.94. The molecule has 13 heavy (non-hydrogen) atoms. The molecule has 1 aliphatic rings. The molecule has 0 heterocycles. The van der Waals surface area contributed by atoms with Gasteiger partial charge < -0.3 is 0 Å². The number of nitriles is 1. The maximum Gasteiger partial charge on any atom is 0.0952 e. The molecule has 2 heteroatoms. The van der Waals surface area contributed by atoms with Crippen molar-refractivity contribution in [2.75, 3.05) is 0 Å². The zero-order valence-corrected chi connectivity index (χ0v) is 8.93. The van der Waals surface area contributed by atoms with Crippen LogP contribution in [0, 0.1) is 16.7 Å². The van der Waals surface area contributed by atoms with Gasteiger partial charge in [0.05, 0.1) is 12.1 Å². The predicted octanol–water partition coefficient (Wildman–Crippen LogP) is 2.46. The van der Waals surface area contributed by atoms with Gasteiger partial charge in [-0.3, -0.25) is 5.32 Å². The van der Waals surface area contributed by atoms with Crippen molar-refractivity contribution in [3.63, 3.8) is 0 Å². The molecule has 0 saturated heterocycles. The lowest BCUT2D eigenvalue weighted by Gasteiger charge is -2.19. The van der Waals surface area contributed by atoms with E-state index in [0.717, 1.165) is 6.42 Å². The molecule has 0 bridgehead atoms. The van der Waals surface area contributed by atoms with E-state index in [4.69, 9.17) is 5.26 Å². The summed E-state index contributed by atoms with van der Waals surface area (Å²) < 4.78 is 0. The van der Waals surface area contributed by atoms with Crippen LogP contribution in [0.2, 0.25) is 0 Å². The van der Waals surface area contributed by atoms with Crippen molar-refractivity contribution in [1.82, 2.24) is 5.32 Å². The lowest BCUT2D eigenvalue weighted by molar-refractivity contribution is 0.359. The summed E-state index contributed by atoms with van der Waals surface area (Å²) in [4.78, 5) is 0. The smallest absolute Gasteiger partial charge is 0.0952 e. The summed E-state index contributed by atoms with van der Waals surface area (Å²) in [6.07, 6.45) is 4.64. The van der Waals surface area contributed by atoms with Gasteiger partial charge in [0.2, 0.25) is 0 Å². The number of rotatable bonds is 3. The fourth-order valence-corrected chi connectivity index (χ4v) is 2.11. The van der Waals surface area contributed by atoms with Crippen LogP contribution in [0.15, 0.2) is 0 Å². The molecule has 0 aromatic rings. The van der Waals surface area contributed by atoms with Gasteiger partial charge in [-0.1, -0.05) is 20.8 Å². The minimum atomic E-state index is 0.0545. The molecule has 0 amide bonds. The molecular formula is C11H20N2. The minimum Gasteiger partial charge on any atom is -0.299 e. The quantitative estimate of drug-likeness (QED) is 0.724. The van der Waals surface area contributed by atoms with E-state index in [1.165, 1.54) is 19.3 Å². The van der Waals surface area contributed by atoms with Crippen molar-refractivity contribution < 1.29 is 0 Å². The fraction of sp³-hybridized carbons (Fsp3) is 0.909. The second-order valence-corrected chi connectivity index (χ2v) is 4.86. The van der Waals surface area contributed by atoms with Crippen LogP contribution in [-0.4, -0.2) is 12.1 Å². The maximum absolute atomic E-state index is 8.80. The van der Waals surface area contributed by atoms with Gasteiger partial charge in [-0.2, -0.15) is 5.26 Å². The lowest BCUT2D eigenvalue weighted by atomic mass is 9.92. The van der Waals surface area contributed by atoms with Crippen molar-refractivity contribution in [1.29, 1.82) is 5.26 Å². The molecule has 1 fully saturated rings. The van der Waals surface area contributed by atoms with Gasteiger partial charge in [-0.05, 0) is 31.1 Å². The van der Waals surface area contributed by atoms with E-state index in [9.17, 15) is 0 Å². The summed E-state index contributed by atoms with van der Waals surface area (Å²) in [7, 11) is 0. The molecule has 0 spiro atoms. The standard InChI is InChI=1S/C11H20N2/c1-4-9(8-12)13-10-5-6-11(2,3)7-10/h9-10,13H,4-7H2,1-3H3. The van der Waals surface area contributed by atoms with Gasteiger partial charge in [0, 0.05) is 6.04 Å². The highest BCUT2D eigenvalue weighted by atomic mass is 15.0. The molecule has 2 atom stereocenters. The Bertz CT molecular complexity index is 203. The average Bonchev–Trinajstić information content (AvgIpc) is 2.41. The molecule has 0 aromatic heterocycles. The summed E-state index contributed by atoms with van der Waals surface area (Å²) in [6.45, 7) is 6.67. The van der Waals surface area contributed by atoms with Gasteiger partial charge in [-0.25, -0.2) is 0 Å². The molecule has 0 radical (unpaired) electrons. The molecule has 2 nitrogen and oxygen atoms in total. The van der Waals surface area contributed by atoms with Gasteiger partial charge in [0.25, 0.3) is 0 Å². The Hall–Kier alpha value is -0.550. The second kappa shape index (κ2) is 4.11. The Morgan fingerprint density at radius 2 is 2.31 bits per heavy atom. The van der Waals surface area contributed by atoms with Gasteiger partial charge in [-0.15, -0.1) is 0 Å². The molecule has 0 aromatic carbocycles. The first-order valence-corrected chi connectivity index (χ1v) is 5.23. The Balaban J connectivity index is 2.36. The van der Waals surface area contributed by atoms with Crippen molar-refractivity contribution >= 4 is 0 Å². The molecule has 1 N–H and O–H groups in total. The number of hydrogen-bond acceptors (Lipinski definition) is 2. The zero-order valence-electron chi connectivity index (χ0n) is 8.93. The Kier molecular flexibility index (Phi) is 3.33. The molecule has 2 unspecified atom stereocenters. The molecule has 1 rings (SSSR count). The first-order valence-electron chi connectivity index (χ1n) is 5.23. The third-order valence-electron chi connectivity index (χ3n) is 2.97. The third-order valence-corrected chi connectivity index (χ3v) is 2.97. The van der Waals surface area contributed by atoms with Crippen LogP contribution in [-0.2, 0) is 0 Å². The SMILES string of the molecule is CCC(C#N)NC1CCC(C)(C)C1. The van der Waals surface area contributed by atoms with E-state index in [0.29, 0.717) is 11.5 Å². The van der Waals surface area contributed by atoms with Crippen LogP contribution in [0.5, 0.6) is 0 Å². The monoisotopic (exact) mass is 180 g/mol. The highest BCUT2D eigenvalue weighted by Gasteiger charge is 2.31. The van der Waals surface area contributed by atoms with E-state index in [1.807, 2.05) is 0 Å². The molecule has 0 aliphatic heterocycles. The van der Waals surface area contributed by atoms with Crippen molar-refractivity contribution in [3.8, 4) is 6.07 Å². The highest BCUT2D eigenvalue weighted by Crippen LogP contribution is 2.37. The normalized spacial score (nSPS) is 28.3. The van der Waals surface area contributed by atoms with Gasteiger partial charge in [0.1, 0.15) is 0 Å². The second-order valence-electron chi connectivity index (χ2n) is 4.86. The van der Waals surface area contributed by atoms with Crippen LogP contribution >= 0.6 is 0 Å². The minimum absolute atomic E-state index is 0.0545. The third kappa shape index (κ3) is 3.00. The van der Waals surface area contributed by atoms with Crippen LogP contribution in [0.4, 0.5) is 0 Å². The Morgan fingerprint density at radius 1 is 1.62 bits per heavy atom. The van der Waals surface area contributed by atoms with Crippen molar-refractivity contribution in [2.45, 2.75) is 58.5 Å². The summed E-state index contributed by atoms with van der Waals surface area (Å²) in [5.74, 6) is 0. The predicted molar refractivity (Wildman–Crippen MR) is 54.2 cm³/mol. The van der Waals surface area contributed by atoms with Gasteiger partial charge >= 0.3 is 0 Å². The topological polar surface area (TPSA) is 35.8 Å². The maximum atomic E-state index is 8.80. The van der Waals surface area contributed by atoms with Crippen LogP contribution in [0.1, 0.15) is 46.5 Å². The van der Waals surface area contributed by atoms with E-state index in [2.05, 4.69) is 32.2 Å².